The second-order valence-corrected chi connectivity index (χ2v) is 5.04. The summed E-state index contributed by atoms with van der Waals surface area (Å²) in [5, 5.41) is 3.51. The van der Waals surface area contributed by atoms with Gasteiger partial charge < -0.3 is 14.8 Å². The minimum Gasteiger partial charge on any atom is -0.496 e. The van der Waals surface area contributed by atoms with Crippen molar-refractivity contribution < 1.29 is 9.47 Å². The van der Waals surface area contributed by atoms with Crippen LogP contribution in [-0.4, -0.2) is 13.7 Å². The van der Waals surface area contributed by atoms with Crippen LogP contribution in [0.2, 0.25) is 0 Å². The number of methoxy groups -OCH3 is 1. The summed E-state index contributed by atoms with van der Waals surface area (Å²) in [7, 11) is 1.70. The molecule has 1 unspecified atom stereocenters. The number of ether oxygens (including phenoxy) is 2. The van der Waals surface area contributed by atoms with Crippen molar-refractivity contribution in [3.63, 3.8) is 0 Å². The highest BCUT2D eigenvalue weighted by Gasteiger charge is 2.13. The predicted octanol–water partition coefficient (Wildman–Crippen LogP) is 4.58. The van der Waals surface area contributed by atoms with Gasteiger partial charge in [-0.1, -0.05) is 29.8 Å². The Balaban J connectivity index is 2.26. The molecule has 0 saturated carbocycles. The summed E-state index contributed by atoms with van der Waals surface area (Å²) in [6.45, 7) is 6.86. The summed E-state index contributed by atoms with van der Waals surface area (Å²) in [5.41, 5.74) is 3.36. The first-order valence-corrected chi connectivity index (χ1v) is 7.28. The zero-order chi connectivity index (χ0) is 15.2. The van der Waals surface area contributed by atoms with Gasteiger partial charge >= 0.3 is 0 Å². The topological polar surface area (TPSA) is 30.5 Å². The molecule has 0 fully saturated rings. The first kappa shape index (κ1) is 15.2. The van der Waals surface area contributed by atoms with Gasteiger partial charge in [-0.15, -0.1) is 0 Å². The van der Waals surface area contributed by atoms with Crippen molar-refractivity contribution in [2.45, 2.75) is 26.8 Å². The molecule has 0 aliphatic carbocycles. The molecule has 3 nitrogen and oxygen atoms in total. The fourth-order valence-electron chi connectivity index (χ4n) is 2.37. The van der Waals surface area contributed by atoms with Gasteiger partial charge in [0.25, 0.3) is 0 Å². The van der Waals surface area contributed by atoms with Gasteiger partial charge in [0.1, 0.15) is 11.5 Å². The van der Waals surface area contributed by atoms with Crippen LogP contribution < -0.4 is 14.8 Å². The average Bonchev–Trinajstić information content (AvgIpc) is 2.49. The Morgan fingerprint density at radius 1 is 1.10 bits per heavy atom. The SMILES string of the molecule is CCOc1ccccc1NC(C)c1cc(C)ccc1OC. The maximum atomic E-state index is 5.66. The summed E-state index contributed by atoms with van der Waals surface area (Å²) in [4.78, 5) is 0. The van der Waals surface area contributed by atoms with Gasteiger partial charge in [0.15, 0.2) is 0 Å². The smallest absolute Gasteiger partial charge is 0.142 e. The quantitative estimate of drug-likeness (QED) is 0.843. The number of aryl methyl sites for hydroxylation is 1. The lowest BCUT2D eigenvalue weighted by molar-refractivity contribution is 0.341. The summed E-state index contributed by atoms with van der Waals surface area (Å²) in [6, 6.07) is 14.3. The van der Waals surface area contributed by atoms with Crippen LogP contribution in [0.25, 0.3) is 0 Å². The number of para-hydroxylation sites is 2. The van der Waals surface area contributed by atoms with Gasteiger partial charge in [-0.3, -0.25) is 0 Å². The lowest BCUT2D eigenvalue weighted by Crippen LogP contribution is -2.09. The molecule has 1 N–H and O–H groups in total. The van der Waals surface area contributed by atoms with E-state index in [0.717, 1.165) is 22.7 Å². The highest BCUT2D eigenvalue weighted by Crippen LogP contribution is 2.32. The molecule has 3 heteroatoms. The molecule has 0 radical (unpaired) electrons. The maximum absolute atomic E-state index is 5.66. The van der Waals surface area contributed by atoms with E-state index in [-0.39, 0.29) is 6.04 Å². The van der Waals surface area contributed by atoms with E-state index in [1.54, 1.807) is 7.11 Å². The maximum Gasteiger partial charge on any atom is 0.142 e. The van der Waals surface area contributed by atoms with E-state index < -0.39 is 0 Å². The Morgan fingerprint density at radius 2 is 1.86 bits per heavy atom. The summed E-state index contributed by atoms with van der Waals surface area (Å²) < 4.78 is 11.1. The lowest BCUT2D eigenvalue weighted by Gasteiger charge is -2.20. The predicted molar refractivity (Wildman–Crippen MR) is 87.4 cm³/mol. The first-order valence-electron chi connectivity index (χ1n) is 7.28. The molecule has 0 amide bonds. The largest absolute Gasteiger partial charge is 0.496 e. The molecule has 0 spiro atoms. The fraction of sp³-hybridized carbons (Fsp3) is 0.333. The third kappa shape index (κ3) is 3.69. The summed E-state index contributed by atoms with van der Waals surface area (Å²) in [5.74, 6) is 1.77. The van der Waals surface area contributed by atoms with E-state index in [0.29, 0.717) is 6.61 Å². The van der Waals surface area contributed by atoms with E-state index in [2.05, 4.69) is 31.3 Å². The van der Waals surface area contributed by atoms with Crippen LogP contribution in [-0.2, 0) is 0 Å². The molecule has 2 aromatic rings. The third-order valence-corrected chi connectivity index (χ3v) is 3.41. The highest BCUT2D eigenvalue weighted by molar-refractivity contribution is 5.58. The van der Waals surface area contributed by atoms with Gasteiger partial charge in [0.2, 0.25) is 0 Å². The van der Waals surface area contributed by atoms with Gasteiger partial charge in [0, 0.05) is 5.56 Å². The van der Waals surface area contributed by atoms with E-state index in [4.69, 9.17) is 9.47 Å². The van der Waals surface area contributed by atoms with Crippen LogP contribution in [0.3, 0.4) is 0 Å². The molecular formula is C18H23NO2. The lowest BCUT2D eigenvalue weighted by atomic mass is 10.0. The van der Waals surface area contributed by atoms with E-state index in [1.165, 1.54) is 5.56 Å². The molecule has 2 rings (SSSR count). The number of benzene rings is 2. The van der Waals surface area contributed by atoms with Crippen LogP contribution in [0.4, 0.5) is 5.69 Å². The van der Waals surface area contributed by atoms with Gasteiger partial charge in [-0.25, -0.2) is 0 Å². The highest BCUT2D eigenvalue weighted by atomic mass is 16.5. The Labute approximate surface area is 126 Å². The molecular weight excluding hydrogens is 262 g/mol. The molecule has 0 heterocycles. The van der Waals surface area contributed by atoms with E-state index in [9.17, 15) is 0 Å². The van der Waals surface area contributed by atoms with Crippen LogP contribution >= 0.6 is 0 Å². The molecule has 0 aliphatic rings. The minimum absolute atomic E-state index is 0.126. The molecule has 1 atom stereocenters. The van der Waals surface area contributed by atoms with Crippen molar-refractivity contribution in [1.82, 2.24) is 0 Å². The first-order chi connectivity index (χ1) is 10.2. The molecule has 112 valence electrons. The molecule has 0 saturated heterocycles. The molecule has 2 aromatic carbocycles. The molecule has 21 heavy (non-hydrogen) atoms. The van der Waals surface area contributed by atoms with Crippen molar-refractivity contribution in [1.29, 1.82) is 0 Å². The minimum atomic E-state index is 0.126. The Hall–Kier alpha value is -2.16. The monoisotopic (exact) mass is 285 g/mol. The van der Waals surface area contributed by atoms with Crippen molar-refractivity contribution in [3.05, 3.63) is 53.6 Å². The Bertz CT molecular complexity index is 596. The number of hydrogen-bond donors (Lipinski definition) is 1. The average molecular weight is 285 g/mol. The van der Waals surface area contributed by atoms with Crippen molar-refractivity contribution in [3.8, 4) is 11.5 Å². The normalized spacial score (nSPS) is 11.8. The van der Waals surface area contributed by atoms with Crippen LogP contribution in [0.15, 0.2) is 42.5 Å². The van der Waals surface area contributed by atoms with Gasteiger partial charge in [0.05, 0.1) is 25.4 Å². The zero-order valence-electron chi connectivity index (χ0n) is 13.1. The molecule has 0 aromatic heterocycles. The number of anilines is 1. The number of rotatable bonds is 6. The van der Waals surface area contributed by atoms with Crippen molar-refractivity contribution in [2.75, 3.05) is 19.0 Å². The second kappa shape index (κ2) is 7.02. The zero-order valence-corrected chi connectivity index (χ0v) is 13.1. The van der Waals surface area contributed by atoms with Crippen molar-refractivity contribution >= 4 is 5.69 Å². The number of nitrogens with one attached hydrogen (secondary N) is 1. The number of hydrogen-bond acceptors (Lipinski definition) is 3. The fourth-order valence-corrected chi connectivity index (χ4v) is 2.37. The van der Waals surface area contributed by atoms with Gasteiger partial charge in [-0.05, 0) is 39.0 Å². The summed E-state index contributed by atoms with van der Waals surface area (Å²) in [6.07, 6.45) is 0. The van der Waals surface area contributed by atoms with Crippen LogP contribution in [0, 0.1) is 6.92 Å². The van der Waals surface area contributed by atoms with E-state index >= 15 is 0 Å². The Morgan fingerprint density at radius 3 is 2.57 bits per heavy atom. The van der Waals surface area contributed by atoms with Crippen molar-refractivity contribution in [2.24, 2.45) is 0 Å². The van der Waals surface area contributed by atoms with Crippen LogP contribution in [0.1, 0.15) is 31.0 Å². The summed E-state index contributed by atoms with van der Waals surface area (Å²) >= 11 is 0. The Kier molecular flexibility index (Phi) is 5.09. The standard InChI is InChI=1S/C18H23NO2/c1-5-21-18-9-7-6-8-16(18)19-14(3)15-12-13(2)10-11-17(15)20-4/h6-12,14,19H,5H2,1-4H3. The second-order valence-electron chi connectivity index (χ2n) is 5.04. The molecule has 0 aliphatic heterocycles. The van der Waals surface area contributed by atoms with E-state index in [1.807, 2.05) is 37.3 Å². The van der Waals surface area contributed by atoms with Gasteiger partial charge in [-0.2, -0.15) is 0 Å². The van der Waals surface area contributed by atoms with Crippen LogP contribution in [0.5, 0.6) is 11.5 Å². The third-order valence-electron chi connectivity index (χ3n) is 3.41. The molecule has 0 bridgehead atoms.